The van der Waals surface area contributed by atoms with Gasteiger partial charge in [0, 0.05) is 12.3 Å². The molecule has 0 aromatic heterocycles. The van der Waals surface area contributed by atoms with Gasteiger partial charge in [0.25, 0.3) is 0 Å². The van der Waals surface area contributed by atoms with Gasteiger partial charge in [-0.15, -0.1) is 0 Å². The topological polar surface area (TPSA) is 126 Å². The molecule has 21 heavy (non-hydrogen) atoms. The Morgan fingerprint density at radius 2 is 1.67 bits per heavy atom. The monoisotopic (exact) mass is 294 g/mol. The van der Waals surface area contributed by atoms with Gasteiger partial charge in [0.15, 0.2) is 11.5 Å². The largest absolute Gasteiger partial charge is 0.859 e. The maximum Gasteiger partial charge on any atom is 0.231 e. The number of nitrogens with one attached hydrogen (secondary N) is 1. The highest BCUT2D eigenvalue weighted by Crippen LogP contribution is 2.41. The van der Waals surface area contributed by atoms with Crippen LogP contribution in [0.25, 0.3) is 0 Å². The van der Waals surface area contributed by atoms with Crippen LogP contribution in [0.4, 0.5) is 0 Å². The Bertz CT molecular complexity index is 575. The molecule has 7 heteroatoms. The molecule has 1 aliphatic carbocycles. The van der Waals surface area contributed by atoms with Gasteiger partial charge in [0.2, 0.25) is 6.79 Å². The fraction of sp³-hybridized carbons (Fsp3) is 0.500. The van der Waals surface area contributed by atoms with Crippen LogP contribution in [0.1, 0.15) is 29.9 Å². The lowest BCUT2D eigenvalue weighted by molar-refractivity contribution is -0.214. The quantitative estimate of drug-likeness (QED) is 0.412. The Labute approximate surface area is 120 Å². The summed E-state index contributed by atoms with van der Waals surface area (Å²) in [6, 6.07) is 3.00. The molecule has 1 saturated carbocycles. The molecule has 1 fully saturated rings. The van der Waals surface area contributed by atoms with Gasteiger partial charge >= 0.3 is 0 Å². The summed E-state index contributed by atoms with van der Waals surface area (Å²) in [5.74, 6) is -0.596. The predicted molar refractivity (Wildman–Crippen MR) is 69.4 cm³/mol. The Morgan fingerprint density at radius 3 is 2.33 bits per heavy atom. The minimum atomic E-state index is -0.986. The second kappa shape index (κ2) is 5.18. The average Bonchev–Trinajstić information content (AvgIpc) is 2.88. The molecule has 1 heterocycles. The lowest BCUT2D eigenvalue weighted by Crippen LogP contribution is -2.41. The summed E-state index contributed by atoms with van der Waals surface area (Å²) >= 11 is 0. The molecule has 0 saturated heterocycles. The summed E-state index contributed by atoms with van der Waals surface area (Å²) in [7, 11) is 0. The van der Waals surface area contributed by atoms with Crippen LogP contribution < -0.4 is 14.6 Å². The normalized spacial score (nSPS) is 31.2. The van der Waals surface area contributed by atoms with Crippen molar-refractivity contribution in [1.29, 1.82) is 5.41 Å². The molecule has 1 aromatic rings. The molecule has 3 rings (SSSR count). The van der Waals surface area contributed by atoms with E-state index >= 15 is 0 Å². The van der Waals surface area contributed by atoms with Gasteiger partial charge in [0.05, 0.1) is 18.3 Å². The number of aliphatic hydroxyl groups is 3. The van der Waals surface area contributed by atoms with E-state index in [1.165, 1.54) is 6.07 Å². The lowest BCUT2D eigenvalue weighted by Gasteiger charge is -2.36. The zero-order chi connectivity index (χ0) is 15.1. The van der Waals surface area contributed by atoms with Crippen molar-refractivity contribution in [1.82, 2.24) is 0 Å². The predicted octanol–water partition coefficient (Wildman–Crippen LogP) is -0.939. The third kappa shape index (κ3) is 2.44. The first kappa shape index (κ1) is 14.1. The van der Waals surface area contributed by atoms with Crippen LogP contribution in [0.5, 0.6) is 11.5 Å². The molecule has 0 bridgehead atoms. The van der Waals surface area contributed by atoms with Crippen LogP contribution in [0.3, 0.4) is 0 Å². The van der Waals surface area contributed by atoms with Gasteiger partial charge in [-0.2, -0.15) is 0 Å². The second-order valence-corrected chi connectivity index (χ2v) is 5.40. The second-order valence-electron chi connectivity index (χ2n) is 5.40. The first-order valence-electron chi connectivity index (χ1n) is 6.71. The molecule has 7 nitrogen and oxygen atoms in total. The SMILES string of the molecule is N=C([O-])c1cc2c(cc1[C@@H]1C[C@H](O)[C@H](O)C[C@@H]1O)OCO2. The summed E-state index contributed by atoms with van der Waals surface area (Å²) in [6.07, 6.45) is -2.73. The molecule has 1 aromatic carbocycles. The third-order valence-electron chi connectivity index (χ3n) is 4.08. The van der Waals surface area contributed by atoms with E-state index in [4.69, 9.17) is 14.9 Å². The van der Waals surface area contributed by atoms with Crippen LogP contribution in [0, 0.1) is 5.41 Å². The minimum Gasteiger partial charge on any atom is -0.859 e. The summed E-state index contributed by atoms with van der Waals surface area (Å²) in [5, 5.41) is 48.4. The molecule has 0 amide bonds. The number of ether oxygens (including phenoxy) is 2. The van der Waals surface area contributed by atoms with Crippen molar-refractivity contribution in [3.05, 3.63) is 23.3 Å². The number of hydrogen-bond donors (Lipinski definition) is 4. The highest BCUT2D eigenvalue weighted by Gasteiger charge is 2.37. The summed E-state index contributed by atoms with van der Waals surface area (Å²) < 4.78 is 10.4. The number of hydrogen-bond acceptors (Lipinski definition) is 7. The van der Waals surface area contributed by atoms with Crippen molar-refractivity contribution < 1.29 is 29.9 Å². The summed E-state index contributed by atoms with van der Waals surface area (Å²) in [5.41, 5.74) is 0.560. The van der Waals surface area contributed by atoms with E-state index in [9.17, 15) is 20.4 Å². The molecule has 0 radical (unpaired) electrons. The Morgan fingerprint density at radius 1 is 1.05 bits per heavy atom. The van der Waals surface area contributed by atoms with Crippen molar-refractivity contribution in [2.24, 2.45) is 0 Å². The number of benzene rings is 1. The molecule has 4 N–H and O–H groups in total. The Kier molecular flexibility index (Phi) is 3.48. The average molecular weight is 294 g/mol. The van der Waals surface area contributed by atoms with E-state index < -0.39 is 30.1 Å². The maximum absolute atomic E-state index is 11.5. The van der Waals surface area contributed by atoms with E-state index in [2.05, 4.69) is 0 Å². The first-order valence-corrected chi connectivity index (χ1v) is 6.71. The molecular weight excluding hydrogens is 278 g/mol. The van der Waals surface area contributed by atoms with Gasteiger partial charge in [-0.3, -0.25) is 0 Å². The molecule has 4 atom stereocenters. The fourth-order valence-corrected chi connectivity index (χ4v) is 2.94. The zero-order valence-corrected chi connectivity index (χ0v) is 11.2. The standard InChI is InChI=1S/C14H17NO6/c15-14(19)8-3-13-12(20-5-21-13)2-6(8)7-1-10(17)11(18)4-9(7)16/h2-3,7,9-11,16-18H,1,4-5H2,(H2,15,19)/p-1/t7-,9-,10-,11+/m0/s1. The van der Waals surface area contributed by atoms with Crippen molar-refractivity contribution in [3.63, 3.8) is 0 Å². The number of rotatable bonds is 2. The van der Waals surface area contributed by atoms with Crippen molar-refractivity contribution in [2.45, 2.75) is 37.1 Å². The molecule has 0 spiro atoms. The number of fused-ring (bicyclic) bond motifs is 1. The van der Waals surface area contributed by atoms with Crippen LogP contribution in [-0.2, 0) is 0 Å². The van der Waals surface area contributed by atoms with Crippen molar-refractivity contribution in [3.8, 4) is 11.5 Å². The molecule has 1 aliphatic heterocycles. The maximum atomic E-state index is 11.5. The summed E-state index contributed by atoms with van der Waals surface area (Å²) in [4.78, 5) is 0. The van der Waals surface area contributed by atoms with Crippen LogP contribution in [0.15, 0.2) is 12.1 Å². The fourth-order valence-electron chi connectivity index (χ4n) is 2.94. The van der Waals surface area contributed by atoms with Gasteiger partial charge in [-0.1, -0.05) is 0 Å². The van der Waals surface area contributed by atoms with E-state index in [0.29, 0.717) is 17.1 Å². The smallest absolute Gasteiger partial charge is 0.231 e. The molecule has 2 aliphatic rings. The van der Waals surface area contributed by atoms with E-state index in [1.54, 1.807) is 6.07 Å². The minimum absolute atomic E-state index is 0.0197. The Hall–Kier alpha value is -1.83. The highest BCUT2D eigenvalue weighted by molar-refractivity contribution is 5.91. The van der Waals surface area contributed by atoms with Gasteiger partial charge < -0.3 is 35.3 Å². The molecule has 0 unspecified atom stereocenters. The van der Waals surface area contributed by atoms with Gasteiger partial charge in [0.1, 0.15) is 0 Å². The first-order chi connectivity index (χ1) is 9.97. The van der Waals surface area contributed by atoms with Gasteiger partial charge in [-0.25, -0.2) is 0 Å². The van der Waals surface area contributed by atoms with Crippen LogP contribution in [0.2, 0.25) is 0 Å². The number of aliphatic hydroxyl groups excluding tert-OH is 3. The van der Waals surface area contributed by atoms with Crippen molar-refractivity contribution >= 4 is 5.90 Å². The highest BCUT2D eigenvalue weighted by atomic mass is 16.7. The lowest BCUT2D eigenvalue weighted by atomic mass is 9.77. The van der Waals surface area contributed by atoms with E-state index in [1.807, 2.05) is 0 Å². The van der Waals surface area contributed by atoms with E-state index in [-0.39, 0.29) is 25.2 Å². The Balaban J connectivity index is 2.02. The van der Waals surface area contributed by atoms with Crippen LogP contribution >= 0.6 is 0 Å². The third-order valence-corrected chi connectivity index (χ3v) is 4.08. The molecule has 114 valence electrons. The van der Waals surface area contributed by atoms with E-state index in [0.717, 1.165) is 0 Å². The van der Waals surface area contributed by atoms with Crippen molar-refractivity contribution in [2.75, 3.05) is 6.79 Å². The van der Waals surface area contributed by atoms with Gasteiger partial charge in [-0.05, 0) is 35.6 Å². The zero-order valence-electron chi connectivity index (χ0n) is 11.2. The summed E-state index contributed by atoms with van der Waals surface area (Å²) in [6.45, 7) is 0.0407. The van der Waals surface area contributed by atoms with Crippen LogP contribution in [-0.4, -0.2) is 46.3 Å². The molecular formula is C14H16NO6-.